The maximum Gasteiger partial charge on any atom is 0.220 e. The maximum absolute atomic E-state index is 11.4. The minimum atomic E-state index is -2.28. The van der Waals surface area contributed by atoms with Crippen LogP contribution in [0.3, 0.4) is 0 Å². The monoisotopic (exact) mass is 171 g/mol. The second-order valence-electron chi connectivity index (χ2n) is 2.62. The molecule has 0 aromatic carbocycles. The van der Waals surface area contributed by atoms with Gasteiger partial charge in [0.05, 0.1) is 0 Å². The van der Waals surface area contributed by atoms with Crippen LogP contribution in [0.4, 0.5) is 5.95 Å². The van der Waals surface area contributed by atoms with E-state index in [0.717, 1.165) is 0 Å². The molecule has 1 aromatic rings. The van der Waals surface area contributed by atoms with Crippen LogP contribution in [0.2, 0.25) is 0 Å². The molecule has 11 heavy (non-hydrogen) atoms. The summed E-state index contributed by atoms with van der Waals surface area (Å²) in [6, 6.07) is 1.62. The van der Waals surface area contributed by atoms with E-state index in [1.165, 1.54) is 6.20 Å². The Hall–Kier alpha value is -0.890. The highest BCUT2D eigenvalue weighted by Crippen LogP contribution is 2.32. The molecule has 1 aromatic heterocycles. The minimum Gasteiger partial charge on any atom is -0.368 e. The van der Waals surface area contributed by atoms with Gasteiger partial charge in [-0.2, -0.15) is 0 Å². The van der Waals surface area contributed by atoms with Gasteiger partial charge in [0, 0.05) is 6.20 Å². The van der Waals surface area contributed by atoms with Gasteiger partial charge >= 0.3 is 0 Å². The van der Waals surface area contributed by atoms with E-state index in [1.54, 1.807) is 19.4 Å². The summed E-state index contributed by atoms with van der Waals surface area (Å²) in [4.78, 5) is 7.55. The van der Waals surface area contributed by atoms with Gasteiger partial charge in [-0.25, -0.2) is 9.97 Å². The Bertz CT molecular complexity index is 306. The SMILES string of the molecule is CP(C)(=O)c1ccnc(N)n1. The lowest BCUT2D eigenvalue weighted by Gasteiger charge is -2.04. The van der Waals surface area contributed by atoms with E-state index in [2.05, 4.69) is 9.97 Å². The fraction of sp³-hybridized carbons (Fsp3) is 0.333. The first-order valence-corrected chi connectivity index (χ1v) is 5.74. The number of nitrogen functional groups attached to an aromatic ring is 1. The van der Waals surface area contributed by atoms with Crippen LogP contribution in [0, 0.1) is 0 Å². The molecule has 0 fully saturated rings. The molecule has 5 heteroatoms. The molecular formula is C6H10N3OP. The lowest BCUT2D eigenvalue weighted by Crippen LogP contribution is -2.11. The Morgan fingerprint density at radius 1 is 1.55 bits per heavy atom. The predicted molar refractivity (Wildman–Crippen MR) is 45.5 cm³/mol. The summed E-state index contributed by atoms with van der Waals surface area (Å²) in [6.07, 6.45) is 1.51. The van der Waals surface area contributed by atoms with Gasteiger partial charge in [0.2, 0.25) is 5.95 Å². The highest BCUT2D eigenvalue weighted by Gasteiger charge is 2.12. The molecule has 4 nitrogen and oxygen atoms in total. The van der Waals surface area contributed by atoms with Gasteiger partial charge < -0.3 is 10.3 Å². The van der Waals surface area contributed by atoms with Crippen LogP contribution in [0.25, 0.3) is 0 Å². The zero-order chi connectivity index (χ0) is 8.48. The van der Waals surface area contributed by atoms with E-state index in [4.69, 9.17) is 5.73 Å². The number of anilines is 1. The smallest absolute Gasteiger partial charge is 0.220 e. The third-order valence-corrected chi connectivity index (χ3v) is 2.56. The zero-order valence-corrected chi connectivity index (χ0v) is 7.38. The Balaban J connectivity index is 3.17. The molecule has 1 heterocycles. The summed E-state index contributed by atoms with van der Waals surface area (Å²) in [7, 11) is -2.28. The average molecular weight is 171 g/mol. The third-order valence-electron chi connectivity index (χ3n) is 1.21. The van der Waals surface area contributed by atoms with Crippen molar-refractivity contribution >= 4 is 18.5 Å². The van der Waals surface area contributed by atoms with E-state index in [1.807, 2.05) is 0 Å². The van der Waals surface area contributed by atoms with Crippen molar-refractivity contribution < 1.29 is 4.57 Å². The first-order chi connectivity index (χ1) is 5.00. The third kappa shape index (κ3) is 2.02. The van der Waals surface area contributed by atoms with E-state index in [9.17, 15) is 4.57 Å². The Morgan fingerprint density at radius 2 is 2.18 bits per heavy atom. The molecule has 0 aliphatic heterocycles. The summed E-state index contributed by atoms with van der Waals surface area (Å²) in [5.74, 6) is 0.173. The summed E-state index contributed by atoms with van der Waals surface area (Å²) >= 11 is 0. The maximum atomic E-state index is 11.4. The number of rotatable bonds is 1. The van der Waals surface area contributed by atoms with Gasteiger partial charge in [-0.3, -0.25) is 0 Å². The van der Waals surface area contributed by atoms with Gasteiger partial charge in [-0.05, 0) is 19.4 Å². The predicted octanol–water partition coefficient (Wildman–Crippen LogP) is 0.307. The summed E-state index contributed by atoms with van der Waals surface area (Å²) in [6.45, 7) is 3.30. The molecule has 0 atom stereocenters. The second-order valence-corrected chi connectivity index (χ2v) is 5.78. The van der Waals surface area contributed by atoms with Gasteiger partial charge in [-0.15, -0.1) is 0 Å². The van der Waals surface area contributed by atoms with Crippen LogP contribution < -0.4 is 11.2 Å². The summed E-state index contributed by atoms with van der Waals surface area (Å²) in [5.41, 5.74) is 5.84. The van der Waals surface area contributed by atoms with Gasteiger partial charge in [-0.1, -0.05) is 0 Å². The average Bonchev–Trinajstić information content (AvgIpc) is 1.86. The van der Waals surface area contributed by atoms with E-state index >= 15 is 0 Å². The highest BCUT2D eigenvalue weighted by atomic mass is 31.2. The zero-order valence-electron chi connectivity index (χ0n) is 6.48. The van der Waals surface area contributed by atoms with Crippen molar-refractivity contribution in [3.8, 4) is 0 Å². The summed E-state index contributed by atoms with van der Waals surface area (Å²) < 4.78 is 11.4. The molecule has 0 bridgehead atoms. The van der Waals surface area contributed by atoms with Crippen molar-refractivity contribution in [3.63, 3.8) is 0 Å². The van der Waals surface area contributed by atoms with Crippen molar-refractivity contribution in [2.75, 3.05) is 19.1 Å². The number of aromatic nitrogens is 2. The number of nitrogens with two attached hydrogens (primary N) is 1. The van der Waals surface area contributed by atoms with E-state index in [0.29, 0.717) is 5.44 Å². The topological polar surface area (TPSA) is 68.9 Å². The fourth-order valence-corrected chi connectivity index (χ4v) is 1.43. The van der Waals surface area contributed by atoms with E-state index < -0.39 is 7.14 Å². The van der Waals surface area contributed by atoms with Gasteiger partial charge in [0.1, 0.15) is 12.6 Å². The largest absolute Gasteiger partial charge is 0.368 e. The van der Waals surface area contributed by atoms with Crippen molar-refractivity contribution in [3.05, 3.63) is 12.3 Å². The second kappa shape index (κ2) is 2.62. The van der Waals surface area contributed by atoms with Crippen LogP contribution >= 0.6 is 7.14 Å². The number of nitrogens with zero attached hydrogens (tertiary/aromatic N) is 2. The Morgan fingerprint density at radius 3 is 2.55 bits per heavy atom. The molecule has 0 saturated heterocycles. The fourth-order valence-electron chi connectivity index (χ4n) is 0.664. The molecule has 0 unspecified atom stereocenters. The first kappa shape index (κ1) is 8.21. The molecular weight excluding hydrogens is 161 g/mol. The number of hydrogen-bond acceptors (Lipinski definition) is 4. The number of hydrogen-bond donors (Lipinski definition) is 1. The van der Waals surface area contributed by atoms with Gasteiger partial charge in [0.25, 0.3) is 0 Å². The van der Waals surface area contributed by atoms with Crippen molar-refractivity contribution in [2.24, 2.45) is 0 Å². The highest BCUT2D eigenvalue weighted by molar-refractivity contribution is 7.69. The van der Waals surface area contributed by atoms with Crippen LogP contribution in [0.1, 0.15) is 0 Å². The lowest BCUT2D eigenvalue weighted by atomic mass is 10.7. The molecule has 0 aliphatic rings. The minimum absolute atomic E-state index is 0.173. The molecule has 60 valence electrons. The quantitative estimate of drug-likeness (QED) is 0.617. The van der Waals surface area contributed by atoms with Crippen LogP contribution in [-0.4, -0.2) is 23.3 Å². The molecule has 0 saturated carbocycles. The molecule has 0 radical (unpaired) electrons. The van der Waals surface area contributed by atoms with Crippen LogP contribution in [-0.2, 0) is 4.57 Å². The van der Waals surface area contributed by atoms with Crippen LogP contribution in [0.15, 0.2) is 12.3 Å². The molecule has 1 rings (SSSR count). The standard InChI is InChI=1S/C6H10N3OP/c1-11(2,10)5-3-4-8-6(7)9-5/h3-4H,1-2H3,(H2,7,8,9). The molecule has 0 amide bonds. The normalized spacial score (nSPS) is 11.5. The Kier molecular flexibility index (Phi) is 1.96. The molecule has 0 aliphatic carbocycles. The molecule has 2 N–H and O–H groups in total. The van der Waals surface area contributed by atoms with Gasteiger partial charge in [0.15, 0.2) is 0 Å². The summed E-state index contributed by atoms with van der Waals surface area (Å²) in [5, 5.41) is 0. The van der Waals surface area contributed by atoms with Crippen LogP contribution in [0.5, 0.6) is 0 Å². The van der Waals surface area contributed by atoms with Crippen molar-refractivity contribution in [1.82, 2.24) is 9.97 Å². The molecule has 0 spiro atoms. The van der Waals surface area contributed by atoms with Crippen molar-refractivity contribution in [2.45, 2.75) is 0 Å². The van der Waals surface area contributed by atoms with E-state index in [-0.39, 0.29) is 5.95 Å². The van der Waals surface area contributed by atoms with Crippen molar-refractivity contribution in [1.29, 1.82) is 0 Å². The lowest BCUT2D eigenvalue weighted by molar-refractivity contribution is 0.587. The Labute approximate surface area is 65.2 Å². The first-order valence-electron chi connectivity index (χ1n) is 3.14.